The second-order valence-electron chi connectivity index (χ2n) is 8.72. The highest BCUT2D eigenvalue weighted by atomic mass is 35.5. The number of rotatable bonds is 6. The summed E-state index contributed by atoms with van der Waals surface area (Å²) in [5, 5.41) is 16.1. The topological polar surface area (TPSA) is 110 Å². The van der Waals surface area contributed by atoms with E-state index < -0.39 is 29.6 Å². The number of hydrogen-bond acceptors (Lipinski definition) is 4. The molecule has 180 valence electrons. The van der Waals surface area contributed by atoms with Gasteiger partial charge >= 0.3 is 12.1 Å². The lowest BCUT2D eigenvalue weighted by Gasteiger charge is -2.23. The van der Waals surface area contributed by atoms with E-state index in [2.05, 4.69) is 10.6 Å². The highest BCUT2D eigenvalue weighted by molar-refractivity contribution is 6.45. The molecule has 0 spiro atoms. The van der Waals surface area contributed by atoms with E-state index >= 15 is 0 Å². The third-order valence-electron chi connectivity index (χ3n) is 5.06. The number of amides is 2. The van der Waals surface area contributed by atoms with E-state index in [0.717, 1.165) is 5.52 Å². The molecule has 1 heterocycles. The smallest absolute Gasteiger partial charge is 0.407 e. The second-order valence-corrected chi connectivity index (χ2v) is 9.50. The van der Waals surface area contributed by atoms with Gasteiger partial charge in [-0.05, 0) is 56.7 Å². The molecule has 3 N–H and O–H groups in total. The third kappa shape index (κ3) is 5.81. The standard InChI is InChI=1S/C24H25Cl2N3O5/c1-24(2,3)34-23(33)27-12-17(13-5-7-14(8-6-13)22(31)32)28-21(30)19-11-15-18(29(19)4)10-9-16(25)20(15)26/h5-11,17H,12H2,1-4H3,(H,27,33)(H,28,30)(H,31,32). The lowest BCUT2D eigenvalue weighted by atomic mass is 10.0. The third-order valence-corrected chi connectivity index (χ3v) is 5.88. The molecule has 1 atom stereocenters. The first-order chi connectivity index (χ1) is 15.9. The number of fused-ring (bicyclic) bond motifs is 1. The molecule has 3 rings (SSSR count). The minimum atomic E-state index is -1.06. The summed E-state index contributed by atoms with van der Waals surface area (Å²) < 4.78 is 6.97. The molecule has 2 aromatic carbocycles. The van der Waals surface area contributed by atoms with Crippen LogP contribution in [-0.4, -0.2) is 39.8 Å². The SMILES string of the molecule is Cn1c(C(=O)NC(CNC(=O)OC(C)(C)C)c2ccc(C(=O)O)cc2)cc2c(Cl)c(Cl)ccc21. The maximum Gasteiger partial charge on any atom is 0.407 e. The zero-order chi connectivity index (χ0) is 25.2. The number of ether oxygens (including phenoxy) is 1. The first-order valence-electron chi connectivity index (χ1n) is 10.4. The quantitative estimate of drug-likeness (QED) is 0.427. The van der Waals surface area contributed by atoms with E-state index in [1.807, 2.05) is 0 Å². The number of hydrogen-bond donors (Lipinski definition) is 3. The highest BCUT2D eigenvalue weighted by Gasteiger charge is 2.23. The van der Waals surface area contributed by atoms with Gasteiger partial charge in [0.05, 0.1) is 21.7 Å². The lowest BCUT2D eigenvalue weighted by molar-refractivity contribution is 0.0519. The van der Waals surface area contributed by atoms with Crippen LogP contribution >= 0.6 is 23.2 Å². The van der Waals surface area contributed by atoms with Gasteiger partial charge in [-0.1, -0.05) is 35.3 Å². The maximum absolute atomic E-state index is 13.2. The predicted octanol–water partition coefficient (Wildman–Crippen LogP) is 5.18. The summed E-state index contributed by atoms with van der Waals surface area (Å²) in [7, 11) is 1.73. The van der Waals surface area contributed by atoms with Crippen molar-refractivity contribution in [2.24, 2.45) is 7.05 Å². The van der Waals surface area contributed by atoms with Crippen molar-refractivity contribution in [3.63, 3.8) is 0 Å². The average Bonchev–Trinajstić information content (AvgIpc) is 3.09. The molecule has 1 unspecified atom stereocenters. The summed E-state index contributed by atoms with van der Waals surface area (Å²) in [5.41, 5.74) is 1.09. The van der Waals surface area contributed by atoms with Crippen LogP contribution in [0.4, 0.5) is 4.79 Å². The van der Waals surface area contributed by atoms with Crippen LogP contribution in [0.25, 0.3) is 10.9 Å². The zero-order valence-corrected chi connectivity index (χ0v) is 20.6. The van der Waals surface area contributed by atoms with Gasteiger partial charge in [0.15, 0.2) is 0 Å². The Hall–Kier alpha value is -3.23. The van der Waals surface area contributed by atoms with Crippen molar-refractivity contribution in [2.45, 2.75) is 32.4 Å². The van der Waals surface area contributed by atoms with E-state index in [1.54, 1.807) is 62.7 Å². The molecule has 3 aromatic rings. The number of carboxylic acid groups (broad SMARTS) is 1. The second kappa shape index (κ2) is 9.95. The van der Waals surface area contributed by atoms with E-state index in [0.29, 0.717) is 26.7 Å². The molecule has 8 nitrogen and oxygen atoms in total. The molecule has 2 amide bonds. The number of aromatic nitrogens is 1. The fourth-order valence-corrected chi connectivity index (χ4v) is 3.79. The minimum absolute atomic E-state index is 0.0175. The first-order valence-corrected chi connectivity index (χ1v) is 11.2. The van der Waals surface area contributed by atoms with Crippen LogP contribution in [-0.2, 0) is 11.8 Å². The molecular formula is C24H25Cl2N3O5. The number of nitrogens with one attached hydrogen (secondary N) is 2. The van der Waals surface area contributed by atoms with Crippen LogP contribution in [0.2, 0.25) is 10.0 Å². The van der Waals surface area contributed by atoms with Gasteiger partial charge in [-0.3, -0.25) is 4.79 Å². The number of carboxylic acids is 1. The Morgan fingerprint density at radius 1 is 1.09 bits per heavy atom. The zero-order valence-electron chi connectivity index (χ0n) is 19.1. The van der Waals surface area contributed by atoms with Gasteiger partial charge < -0.3 is 25.0 Å². The van der Waals surface area contributed by atoms with Crippen LogP contribution in [0.1, 0.15) is 53.2 Å². The Kier molecular flexibility index (Phi) is 7.43. The average molecular weight is 506 g/mol. The van der Waals surface area contributed by atoms with Crippen LogP contribution in [0.3, 0.4) is 0 Å². The molecule has 0 saturated heterocycles. The van der Waals surface area contributed by atoms with Crippen LogP contribution in [0.5, 0.6) is 0 Å². The van der Waals surface area contributed by atoms with Crippen molar-refractivity contribution >= 4 is 52.1 Å². The number of carbonyl (C=O) groups excluding carboxylic acids is 2. The van der Waals surface area contributed by atoms with Crippen molar-refractivity contribution in [1.82, 2.24) is 15.2 Å². The Labute approximate surface area is 206 Å². The normalized spacial score (nSPS) is 12.3. The monoisotopic (exact) mass is 505 g/mol. The van der Waals surface area contributed by atoms with Crippen molar-refractivity contribution in [2.75, 3.05) is 6.54 Å². The fraction of sp³-hybridized carbons (Fsp3) is 0.292. The molecule has 0 aliphatic rings. The maximum atomic E-state index is 13.2. The van der Waals surface area contributed by atoms with E-state index in [9.17, 15) is 14.4 Å². The first kappa shape index (κ1) is 25.4. The van der Waals surface area contributed by atoms with Crippen LogP contribution < -0.4 is 10.6 Å². The van der Waals surface area contributed by atoms with Gasteiger partial charge in [0.1, 0.15) is 11.3 Å². The minimum Gasteiger partial charge on any atom is -0.478 e. The van der Waals surface area contributed by atoms with E-state index in [-0.39, 0.29) is 12.1 Å². The van der Waals surface area contributed by atoms with Gasteiger partial charge in [0.2, 0.25) is 0 Å². The Morgan fingerprint density at radius 2 is 1.74 bits per heavy atom. The molecule has 0 fully saturated rings. The number of benzene rings is 2. The van der Waals surface area contributed by atoms with Crippen molar-refractivity contribution < 1.29 is 24.2 Å². The van der Waals surface area contributed by atoms with E-state index in [4.69, 9.17) is 33.0 Å². The summed E-state index contributed by atoms with van der Waals surface area (Å²) >= 11 is 12.4. The summed E-state index contributed by atoms with van der Waals surface area (Å²) in [6.07, 6.45) is -0.639. The lowest BCUT2D eigenvalue weighted by Crippen LogP contribution is -2.40. The van der Waals surface area contributed by atoms with E-state index in [1.165, 1.54) is 12.1 Å². The van der Waals surface area contributed by atoms with Crippen LogP contribution in [0.15, 0.2) is 42.5 Å². The summed E-state index contributed by atoms with van der Waals surface area (Å²) in [6.45, 7) is 5.25. The van der Waals surface area contributed by atoms with Crippen molar-refractivity contribution in [3.05, 3.63) is 69.3 Å². The molecule has 0 aliphatic heterocycles. The molecule has 34 heavy (non-hydrogen) atoms. The largest absolute Gasteiger partial charge is 0.478 e. The van der Waals surface area contributed by atoms with Gasteiger partial charge in [-0.15, -0.1) is 0 Å². The number of carbonyl (C=O) groups is 3. The molecule has 0 bridgehead atoms. The Balaban J connectivity index is 1.88. The molecular weight excluding hydrogens is 481 g/mol. The summed E-state index contributed by atoms with van der Waals surface area (Å²) in [5.74, 6) is -1.48. The summed E-state index contributed by atoms with van der Waals surface area (Å²) in [4.78, 5) is 36.6. The predicted molar refractivity (Wildman–Crippen MR) is 131 cm³/mol. The van der Waals surface area contributed by atoms with Crippen LogP contribution in [0, 0.1) is 0 Å². The molecule has 0 radical (unpaired) electrons. The highest BCUT2D eigenvalue weighted by Crippen LogP contribution is 2.32. The number of alkyl carbamates (subject to hydrolysis) is 1. The van der Waals surface area contributed by atoms with Gasteiger partial charge in [-0.25, -0.2) is 9.59 Å². The van der Waals surface area contributed by atoms with Crippen molar-refractivity contribution in [1.29, 1.82) is 0 Å². The number of nitrogens with zero attached hydrogens (tertiary/aromatic N) is 1. The Bertz CT molecular complexity index is 1250. The molecule has 10 heteroatoms. The number of aryl methyl sites for hydroxylation is 1. The molecule has 0 aliphatic carbocycles. The Morgan fingerprint density at radius 3 is 2.32 bits per heavy atom. The summed E-state index contributed by atoms with van der Waals surface area (Å²) in [6, 6.07) is 10.4. The van der Waals surface area contributed by atoms with Gasteiger partial charge in [0, 0.05) is 24.5 Å². The fourth-order valence-electron chi connectivity index (χ4n) is 3.41. The van der Waals surface area contributed by atoms with Gasteiger partial charge in [0.25, 0.3) is 5.91 Å². The number of aromatic carboxylic acids is 1. The molecule has 1 aromatic heterocycles. The number of halogens is 2. The van der Waals surface area contributed by atoms with Gasteiger partial charge in [-0.2, -0.15) is 0 Å². The van der Waals surface area contributed by atoms with Crippen molar-refractivity contribution in [3.8, 4) is 0 Å². The molecule has 0 saturated carbocycles.